The van der Waals surface area contributed by atoms with Crippen LogP contribution in [-0.2, 0) is 6.67 Å². The van der Waals surface area contributed by atoms with Crippen LogP contribution in [-0.4, -0.2) is 27.8 Å². The normalized spacial score (nSPS) is 16.7. The smallest absolute Gasteiger partial charge is 0.288 e. The monoisotopic (exact) mass is 267 g/mol. The molecule has 2 aromatic rings. The lowest BCUT2D eigenvalue weighted by Crippen LogP contribution is -2.23. The molecule has 6 heteroatoms. The first-order chi connectivity index (χ1) is 8.33. The average molecular weight is 267 g/mol. The molecule has 1 aliphatic heterocycles. The molecule has 0 aliphatic carbocycles. The predicted octanol–water partition coefficient (Wildman–Crippen LogP) is 2.99. The maximum Gasteiger partial charge on any atom is 0.288 e. The number of likely N-dealkylation sites (tertiary alicyclic amines) is 1. The number of hydrogen-bond acceptors (Lipinski definition) is 5. The van der Waals surface area contributed by atoms with E-state index in [1.54, 1.807) is 16.0 Å². The van der Waals surface area contributed by atoms with Gasteiger partial charge in [0.15, 0.2) is 0 Å². The molecule has 2 aromatic heterocycles. The quantitative estimate of drug-likeness (QED) is 0.801. The third kappa shape index (κ3) is 2.34. The van der Waals surface area contributed by atoms with Gasteiger partial charge in [0.25, 0.3) is 10.7 Å². The minimum Gasteiger partial charge on any atom is -0.408 e. The van der Waals surface area contributed by atoms with Crippen LogP contribution in [0.25, 0.3) is 10.8 Å². The fraction of sp³-hybridized carbons (Fsp3) is 0.455. The fourth-order valence-electron chi connectivity index (χ4n) is 2.01. The maximum atomic E-state index is 5.52. The minimum absolute atomic E-state index is 0.459. The molecule has 0 aromatic carbocycles. The first kappa shape index (κ1) is 11.1. The second kappa shape index (κ2) is 4.72. The lowest BCUT2D eigenvalue weighted by molar-refractivity contribution is 0.249. The average Bonchev–Trinajstić information content (AvgIpc) is 3.02. The van der Waals surface area contributed by atoms with Crippen LogP contribution in [0.4, 0.5) is 0 Å². The van der Waals surface area contributed by atoms with Crippen LogP contribution in [0.1, 0.15) is 12.8 Å². The van der Waals surface area contributed by atoms with Gasteiger partial charge in [-0.2, -0.15) is 0 Å². The first-order valence-electron chi connectivity index (χ1n) is 5.67. The van der Waals surface area contributed by atoms with E-state index in [0.717, 1.165) is 24.6 Å². The molecule has 90 valence electrons. The van der Waals surface area contributed by atoms with E-state index in [9.17, 15) is 0 Å². The van der Waals surface area contributed by atoms with Crippen molar-refractivity contribution in [1.29, 1.82) is 0 Å². The summed E-state index contributed by atoms with van der Waals surface area (Å²) in [6, 6.07) is 3.98. The van der Waals surface area contributed by atoms with Crippen LogP contribution in [0.2, 0.25) is 0 Å². The molecule has 17 heavy (non-hydrogen) atoms. The summed E-state index contributed by atoms with van der Waals surface area (Å²) in [4.78, 5) is 3.83. The first-order valence-corrected chi connectivity index (χ1v) is 6.96. The number of rotatable bonds is 3. The summed E-state index contributed by atoms with van der Waals surface area (Å²) in [5.41, 5.74) is 0. The Hall–Kier alpha value is -0.980. The molecule has 0 spiro atoms. The molecule has 3 rings (SSSR count). The summed E-state index contributed by atoms with van der Waals surface area (Å²) in [7, 11) is 0. The van der Waals surface area contributed by atoms with Crippen molar-refractivity contribution in [3.05, 3.63) is 22.4 Å². The molecule has 1 saturated heterocycles. The third-order valence-corrected chi connectivity index (χ3v) is 4.02. The van der Waals surface area contributed by atoms with Crippen molar-refractivity contribution < 1.29 is 4.42 Å². The second-order valence-electron chi connectivity index (χ2n) is 4.12. The molecule has 0 bridgehead atoms. The Labute approximate surface area is 108 Å². The fourth-order valence-corrected chi connectivity index (χ4v) is 2.83. The van der Waals surface area contributed by atoms with E-state index in [0.29, 0.717) is 10.7 Å². The molecule has 0 amide bonds. The van der Waals surface area contributed by atoms with Gasteiger partial charge in [-0.3, -0.25) is 4.90 Å². The highest BCUT2D eigenvalue weighted by atomic mass is 32.1. The van der Waals surface area contributed by atoms with E-state index in [-0.39, 0.29) is 0 Å². The SMILES string of the molecule is S=c1oc(-c2cccs2)nn1CN1CCCC1. The summed E-state index contributed by atoms with van der Waals surface area (Å²) < 4.78 is 7.29. The van der Waals surface area contributed by atoms with Gasteiger partial charge in [0.05, 0.1) is 11.5 Å². The van der Waals surface area contributed by atoms with Crippen molar-refractivity contribution in [2.75, 3.05) is 13.1 Å². The van der Waals surface area contributed by atoms with Gasteiger partial charge in [0.2, 0.25) is 0 Å². The number of thiophene rings is 1. The third-order valence-electron chi connectivity index (χ3n) is 2.87. The molecule has 3 heterocycles. The summed E-state index contributed by atoms with van der Waals surface area (Å²) in [5, 5.41) is 6.44. The molecule has 0 saturated carbocycles. The van der Waals surface area contributed by atoms with Crippen LogP contribution in [0.3, 0.4) is 0 Å². The zero-order valence-corrected chi connectivity index (χ0v) is 11.0. The second-order valence-corrected chi connectivity index (χ2v) is 5.41. The Morgan fingerprint density at radius 2 is 2.24 bits per heavy atom. The van der Waals surface area contributed by atoms with Crippen molar-refractivity contribution in [3.8, 4) is 10.8 Å². The molecular weight excluding hydrogens is 254 g/mol. The molecule has 4 nitrogen and oxygen atoms in total. The molecular formula is C11H13N3OS2. The summed E-state index contributed by atoms with van der Waals surface area (Å²) in [6.45, 7) is 3.00. The van der Waals surface area contributed by atoms with Crippen molar-refractivity contribution in [3.63, 3.8) is 0 Å². The van der Waals surface area contributed by atoms with E-state index in [1.165, 1.54) is 12.8 Å². The Balaban J connectivity index is 1.83. The predicted molar refractivity (Wildman–Crippen MR) is 69.4 cm³/mol. The van der Waals surface area contributed by atoms with E-state index in [1.807, 2.05) is 17.5 Å². The molecule has 1 fully saturated rings. The summed E-state index contributed by atoms with van der Waals surface area (Å²) in [5.74, 6) is 0.629. The lowest BCUT2D eigenvalue weighted by Gasteiger charge is -2.12. The standard InChI is InChI=1S/C11H13N3OS2/c16-11-14(8-13-5-1-2-6-13)12-10(15-11)9-4-3-7-17-9/h3-4,7H,1-2,5-6,8H2. The van der Waals surface area contributed by atoms with Gasteiger partial charge in [0, 0.05) is 0 Å². The number of aromatic nitrogens is 2. The summed E-state index contributed by atoms with van der Waals surface area (Å²) >= 11 is 6.80. The topological polar surface area (TPSA) is 34.2 Å². The highest BCUT2D eigenvalue weighted by molar-refractivity contribution is 7.71. The zero-order chi connectivity index (χ0) is 11.7. The minimum atomic E-state index is 0.459. The van der Waals surface area contributed by atoms with Crippen LogP contribution < -0.4 is 0 Å². The van der Waals surface area contributed by atoms with Gasteiger partial charge >= 0.3 is 0 Å². The zero-order valence-electron chi connectivity index (χ0n) is 9.33. The lowest BCUT2D eigenvalue weighted by atomic mass is 10.4. The van der Waals surface area contributed by atoms with Gasteiger partial charge < -0.3 is 4.42 Å². The van der Waals surface area contributed by atoms with Crippen LogP contribution in [0.15, 0.2) is 21.9 Å². The van der Waals surface area contributed by atoms with Crippen LogP contribution >= 0.6 is 23.6 Å². The molecule has 0 radical (unpaired) electrons. The largest absolute Gasteiger partial charge is 0.408 e. The Morgan fingerprint density at radius 3 is 2.94 bits per heavy atom. The van der Waals surface area contributed by atoms with Crippen molar-refractivity contribution in [2.24, 2.45) is 0 Å². The highest BCUT2D eigenvalue weighted by Crippen LogP contribution is 2.23. The van der Waals surface area contributed by atoms with E-state index >= 15 is 0 Å². The molecule has 0 unspecified atom stereocenters. The van der Waals surface area contributed by atoms with E-state index in [4.69, 9.17) is 16.6 Å². The van der Waals surface area contributed by atoms with Crippen molar-refractivity contribution >= 4 is 23.6 Å². The Kier molecular flexibility index (Phi) is 3.09. The van der Waals surface area contributed by atoms with E-state index < -0.39 is 0 Å². The van der Waals surface area contributed by atoms with Gasteiger partial charge in [-0.05, 0) is 49.6 Å². The van der Waals surface area contributed by atoms with Gasteiger partial charge in [-0.1, -0.05) is 6.07 Å². The molecule has 0 N–H and O–H groups in total. The van der Waals surface area contributed by atoms with Crippen molar-refractivity contribution in [2.45, 2.75) is 19.5 Å². The van der Waals surface area contributed by atoms with Crippen molar-refractivity contribution in [1.82, 2.24) is 14.7 Å². The number of hydrogen-bond donors (Lipinski definition) is 0. The molecule has 1 aliphatic rings. The van der Waals surface area contributed by atoms with Gasteiger partial charge in [-0.15, -0.1) is 16.4 Å². The molecule has 0 atom stereocenters. The van der Waals surface area contributed by atoms with Crippen LogP contribution in [0, 0.1) is 4.84 Å². The van der Waals surface area contributed by atoms with Gasteiger partial charge in [-0.25, -0.2) is 4.68 Å². The summed E-state index contributed by atoms with van der Waals surface area (Å²) in [6.07, 6.45) is 2.53. The Morgan fingerprint density at radius 1 is 1.41 bits per heavy atom. The van der Waals surface area contributed by atoms with E-state index in [2.05, 4.69) is 10.00 Å². The maximum absolute atomic E-state index is 5.52. The van der Waals surface area contributed by atoms with Gasteiger partial charge in [0.1, 0.15) is 0 Å². The Bertz CT molecular complexity index is 537. The highest BCUT2D eigenvalue weighted by Gasteiger charge is 2.15. The number of nitrogens with zero attached hydrogens (tertiary/aromatic N) is 3. The van der Waals surface area contributed by atoms with Crippen LogP contribution in [0.5, 0.6) is 0 Å².